The van der Waals surface area contributed by atoms with Crippen molar-refractivity contribution in [2.24, 2.45) is 0 Å². The van der Waals surface area contributed by atoms with Crippen LogP contribution in [0.25, 0.3) is 0 Å². The summed E-state index contributed by atoms with van der Waals surface area (Å²) >= 11 is 0. The van der Waals surface area contributed by atoms with Gasteiger partial charge in [-0.2, -0.15) is 0 Å². The Bertz CT molecular complexity index is 668. The van der Waals surface area contributed by atoms with Crippen LogP contribution in [0.1, 0.15) is 13.8 Å². The van der Waals surface area contributed by atoms with Gasteiger partial charge in [0.2, 0.25) is 10.0 Å². The average molecular weight is 309 g/mol. The predicted molar refractivity (Wildman–Crippen MR) is 80.4 cm³/mol. The zero-order valence-corrected chi connectivity index (χ0v) is 12.8. The third-order valence-corrected chi connectivity index (χ3v) is 4.41. The number of nitrogens with one attached hydrogen (secondary N) is 2. The van der Waals surface area contributed by atoms with E-state index in [1.54, 1.807) is 55.2 Å². The van der Waals surface area contributed by atoms with Gasteiger partial charge < -0.3 is 5.32 Å². The second-order valence-electron chi connectivity index (χ2n) is 4.87. The molecule has 0 saturated carbocycles. The molecule has 0 saturated heterocycles. The van der Waals surface area contributed by atoms with Gasteiger partial charge in [0.1, 0.15) is 4.90 Å². The molecule has 0 radical (unpaired) electrons. The van der Waals surface area contributed by atoms with E-state index in [1.807, 2.05) is 0 Å². The summed E-state index contributed by atoms with van der Waals surface area (Å²) in [5.74, 6) is 0. The number of hydrogen-bond acceptors (Lipinski definition) is 5. The molecule has 0 fully saturated rings. The van der Waals surface area contributed by atoms with Gasteiger partial charge in [-0.3, -0.25) is 4.68 Å². The molecule has 0 aliphatic heterocycles. The number of sulfonamides is 1. The van der Waals surface area contributed by atoms with Gasteiger partial charge in [0.25, 0.3) is 0 Å². The van der Waals surface area contributed by atoms with Crippen LogP contribution in [-0.2, 0) is 16.6 Å². The van der Waals surface area contributed by atoms with Gasteiger partial charge in [-0.1, -0.05) is 17.3 Å². The highest BCUT2D eigenvalue weighted by molar-refractivity contribution is 7.89. The molecule has 0 aliphatic rings. The van der Waals surface area contributed by atoms with Crippen LogP contribution in [0, 0.1) is 0 Å². The van der Waals surface area contributed by atoms with Crippen LogP contribution in [0.4, 0.5) is 5.69 Å². The topological polar surface area (TPSA) is 88.9 Å². The minimum absolute atomic E-state index is 0.154. The Labute approximate surface area is 124 Å². The lowest BCUT2D eigenvalue weighted by Gasteiger charge is -2.14. The molecule has 0 atom stereocenters. The van der Waals surface area contributed by atoms with Crippen molar-refractivity contribution in [3.05, 3.63) is 36.7 Å². The van der Waals surface area contributed by atoms with Gasteiger partial charge >= 0.3 is 0 Å². The molecule has 1 aromatic heterocycles. The zero-order chi connectivity index (χ0) is 15.3. The second kappa shape index (κ2) is 6.68. The second-order valence-corrected chi connectivity index (χ2v) is 6.55. The first kappa shape index (κ1) is 15.5. The number of nitrogens with zero attached hydrogens (tertiary/aromatic N) is 3. The van der Waals surface area contributed by atoms with E-state index in [0.29, 0.717) is 18.8 Å². The van der Waals surface area contributed by atoms with Gasteiger partial charge in [-0.05, 0) is 26.0 Å². The van der Waals surface area contributed by atoms with Crippen molar-refractivity contribution in [2.45, 2.75) is 31.3 Å². The minimum Gasteiger partial charge on any atom is -0.382 e. The van der Waals surface area contributed by atoms with Gasteiger partial charge in [0.05, 0.1) is 18.4 Å². The van der Waals surface area contributed by atoms with Crippen molar-refractivity contribution in [3.8, 4) is 0 Å². The van der Waals surface area contributed by atoms with Gasteiger partial charge in [-0.25, -0.2) is 13.1 Å². The third kappa shape index (κ3) is 4.27. The Balaban J connectivity index is 2.09. The van der Waals surface area contributed by atoms with E-state index in [4.69, 9.17) is 0 Å². The minimum atomic E-state index is -3.52. The van der Waals surface area contributed by atoms with E-state index in [9.17, 15) is 8.42 Å². The summed E-state index contributed by atoms with van der Waals surface area (Å²) in [6.45, 7) is 4.74. The Morgan fingerprint density at radius 2 is 2.05 bits per heavy atom. The molecule has 0 amide bonds. The maximum Gasteiger partial charge on any atom is 0.242 e. The molecule has 1 heterocycles. The molecule has 0 spiro atoms. The van der Waals surface area contributed by atoms with Crippen LogP contribution in [-0.4, -0.2) is 36.0 Å². The van der Waals surface area contributed by atoms with E-state index < -0.39 is 10.0 Å². The Hall–Kier alpha value is -1.93. The maximum atomic E-state index is 12.3. The largest absolute Gasteiger partial charge is 0.382 e. The molecule has 114 valence electrons. The Morgan fingerprint density at radius 3 is 2.71 bits per heavy atom. The molecule has 8 heteroatoms. The molecule has 2 aromatic rings. The standard InChI is InChI=1S/C13H19N5O2S/c1-11(2)16-21(19,20)13-6-4-3-5-12(13)14-7-9-18-10-8-15-17-18/h3-6,8,10-11,14,16H,7,9H2,1-2H3. The Kier molecular flexibility index (Phi) is 4.92. The summed E-state index contributed by atoms with van der Waals surface area (Å²) in [5, 5.41) is 10.7. The summed E-state index contributed by atoms with van der Waals surface area (Å²) in [6.07, 6.45) is 3.36. The number of anilines is 1. The van der Waals surface area contributed by atoms with Crippen molar-refractivity contribution >= 4 is 15.7 Å². The molecule has 21 heavy (non-hydrogen) atoms. The fraction of sp³-hybridized carbons (Fsp3) is 0.385. The maximum absolute atomic E-state index is 12.3. The molecular formula is C13H19N5O2S. The van der Waals surface area contributed by atoms with Crippen LogP contribution in [0.15, 0.2) is 41.6 Å². The lowest BCUT2D eigenvalue weighted by molar-refractivity contribution is 0.570. The van der Waals surface area contributed by atoms with Crippen molar-refractivity contribution in [2.75, 3.05) is 11.9 Å². The van der Waals surface area contributed by atoms with E-state index >= 15 is 0 Å². The molecule has 1 aromatic carbocycles. The lowest BCUT2D eigenvalue weighted by Crippen LogP contribution is -2.30. The summed E-state index contributed by atoms with van der Waals surface area (Å²) in [5.41, 5.74) is 0.575. The highest BCUT2D eigenvalue weighted by atomic mass is 32.2. The summed E-state index contributed by atoms with van der Waals surface area (Å²) in [6, 6.07) is 6.68. The van der Waals surface area contributed by atoms with Gasteiger partial charge in [0, 0.05) is 18.8 Å². The summed E-state index contributed by atoms with van der Waals surface area (Å²) in [7, 11) is -3.52. The Morgan fingerprint density at radius 1 is 1.29 bits per heavy atom. The van der Waals surface area contributed by atoms with Crippen molar-refractivity contribution in [1.82, 2.24) is 19.7 Å². The quantitative estimate of drug-likeness (QED) is 0.799. The van der Waals surface area contributed by atoms with Crippen molar-refractivity contribution < 1.29 is 8.42 Å². The molecule has 7 nitrogen and oxygen atoms in total. The number of hydrogen-bond donors (Lipinski definition) is 2. The lowest BCUT2D eigenvalue weighted by atomic mass is 10.3. The molecule has 0 unspecified atom stereocenters. The first-order valence-electron chi connectivity index (χ1n) is 6.68. The number of benzene rings is 1. The zero-order valence-electron chi connectivity index (χ0n) is 12.0. The first-order chi connectivity index (χ1) is 9.99. The summed E-state index contributed by atoms with van der Waals surface area (Å²) < 4.78 is 28.8. The van der Waals surface area contributed by atoms with E-state index in [1.165, 1.54) is 0 Å². The highest BCUT2D eigenvalue weighted by Crippen LogP contribution is 2.20. The normalized spacial score (nSPS) is 11.8. The summed E-state index contributed by atoms with van der Waals surface area (Å²) in [4.78, 5) is 0.247. The van der Waals surface area contributed by atoms with Crippen LogP contribution in [0.2, 0.25) is 0 Å². The highest BCUT2D eigenvalue weighted by Gasteiger charge is 2.18. The molecule has 0 bridgehead atoms. The van der Waals surface area contributed by atoms with E-state index in [2.05, 4.69) is 20.4 Å². The predicted octanol–water partition coefficient (Wildman–Crippen LogP) is 1.08. The van der Waals surface area contributed by atoms with Gasteiger partial charge in [-0.15, -0.1) is 5.10 Å². The smallest absolute Gasteiger partial charge is 0.242 e. The van der Waals surface area contributed by atoms with Crippen LogP contribution >= 0.6 is 0 Å². The van der Waals surface area contributed by atoms with Crippen LogP contribution in [0.3, 0.4) is 0 Å². The average Bonchev–Trinajstić information content (AvgIpc) is 2.91. The fourth-order valence-electron chi connectivity index (χ4n) is 1.88. The van der Waals surface area contributed by atoms with Crippen molar-refractivity contribution in [3.63, 3.8) is 0 Å². The van der Waals surface area contributed by atoms with E-state index in [0.717, 1.165) is 0 Å². The van der Waals surface area contributed by atoms with Crippen LogP contribution < -0.4 is 10.0 Å². The number of para-hydroxylation sites is 1. The molecule has 2 N–H and O–H groups in total. The fourth-order valence-corrected chi connectivity index (χ4v) is 3.31. The molecule has 2 rings (SSSR count). The molecule has 0 aliphatic carbocycles. The third-order valence-electron chi connectivity index (χ3n) is 2.70. The monoisotopic (exact) mass is 309 g/mol. The number of rotatable bonds is 7. The van der Waals surface area contributed by atoms with Crippen molar-refractivity contribution in [1.29, 1.82) is 0 Å². The van der Waals surface area contributed by atoms with Crippen LogP contribution in [0.5, 0.6) is 0 Å². The van der Waals surface area contributed by atoms with E-state index in [-0.39, 0.29) is 10.9 Å². The van der Waals surface area contributed by atoms with Gasteiger partial charge in [0.15, 0.2) is 0 Å². The number of aromatic nitrogens is 3. The molecular weight excluding hydrogens is 290 g/mol. The SMILES string of the molecule is CC(C)NS(=O)(=O)c1ccccc1NCCn1ccnn1. The first-order valence-corrected chi connectivity index (χ1v) is 8.16.